The van der Waals surface area contributed by atoms with Crippen LogP contribution in [0.1, 0.15) is 38.5 Å². The van der Waals surface area contributed by atoms with Gasteiger partial charge in [-0.15, -0.1) is 5.10 Å². The maximum atomic E-state index is 13.3. The van der Waals surface area contributed by atoms with Crippen LogP contribution in [0, 0.1) is 17.3 Å². The highest BCUT2D eigenvalue weighted by Crippen LogP contribution is 2.64. The van der Waals surface area contributed by atoms with Gasteiger partial charge in [0.25, 0.3) is 0 Å². The van der Waals surface area contributed by atoms with Gasteiger partial charge in [0, 0.05) is 6.20 Å². The minimum absolute atomic E-state index is 0.0601. The molecule has 6 rings (SSSR count). The average Bonchev–Trinajstić information content (AvgIpc) is 3.02. The molecular formula is C18H20BrN5O. The molecule has 2 unspecified atom stereocenters. The molecule has 2 heterocycles. The molecule has 6 nitrogen and oxygen atoms in total. The Morgan fingerprint density at radius 1 is 1.28 bits per heavy atom. The lowest BCUT2D eigenvalue weighted by atomic mass is 9.46. The molecule has 1 amide bonds. The van der Waals surface area contributed by atoms with Crippen molar-refractivity contribution in [2.24, 2.45) is 17.3 Å². The van der Waals surface area contributed by atoms with Crippen molar-refractivity contribution in [1.29, 1.82) is 0 Å². The van der Waals surface area contributed by atoms with Crippen molar-refractivity contribution in [1.82, 2.24) is 19.7 Å². The Morgan fingerprint density at radius 3 is 2.72 bits per heavy atom. The molecule has 4 fully saturated rings. The van der Waals surface area contributed by atoms with Crippen LogP contribution in [0.2, 0.25) is 0 Å². The lowest BCUT2D eigenvalue weighted by Crippen LogP contribution is -2.60. The van der Waals surface area contributed by atoms with E-state index in [4.69, 9.17) is 0 Å². The zero-order valence-corrected chi connectivity index (χ0v) is 15.4. The van der Waals surface area contributed by atoms with Crippen LogP contribution in [-0.4, -0.2) is 25.7 Å². The fourth-order valence-corrected chi connectivity index (χ4v) is 6.18. The number of nitrogens with zero attached hydrogens (tertiary/aromatic N) is 4. The zero-order chi connectivity index (χ0) is 17.1. The monoisotopic (exact) mass is 401 g/mol. The van der Waals surface area contributed by atoms with E-state index in [0.29, 0.717) is 16.6 Å². The summed E-state index contributed by atoms with van der Waals surface area (Å²) in [4.78, 5) is 21.6. The van der Waals surface area contributed by atoms with E-state index < -0.39 is 0 Å². The van der Waals surface area contributed by atoms with Crippen LogP contribution in [0.15, 0.2) is 35.6 Å². The maximum Gasteiger partial charge on any atom is 0.230 e. The van der Waals surface area contributed by atoms with Crippen molar-refractivity contribution in [3.8, 4) is 0 Å². The summed E-state index contributed by atoms with van der Waals surface area (Å²) in [6.45, 7) is 0. The highest BCUT2D eigenvalue weighted by atomic mass is 79.9. The predicted molar refractivity (Wildman–Crippen MR) is 95.7 cm³/mol. The molecule has 0 saturated heterocycles. The Kier molecular flexibility index (Phi) is 3.33. The summed E-state index contributed by atoms with van der Waals surface area (Å²) in [5.41, 5.74) is 0.425. The first-order valence-electron chi connectivity index (χ1n) is 8.86. The molecule has 7 heteroatoms. The first kappa shape index (κ1) is 15.5. The van der Waals surface area contributed by atoms with Gasteiger partial charge in [-0.25, -0.2) is 9.67 Å². The second kappa shape index (κ2) is 5.37. The van der Waals surface area contributed by atoms with Crippen molar-refractivity contribution in [2.75, 3.05) is 5.32 Å². The predicted octanol–water partition coefficient (Wildman–Crippen LogP) is 3.37. The molecule has 0 radical (unpaired) electrons. The molecule has 0 aromatic carbocycles. The number of rotatable bonds is 3. The molecule has 0 aliphatic heterocycles. The van der Waals surface area contributed by atoms with Crippen LogP contribution < -0.4 is 5.32 Å². The van der Waals surface area contributed by atoms with Crippen LogP contribution >= 0.6 is 15.9 Å². The topological polar surface area (TPSA) is 72.7 Å². The van der Waals surface area contributed by atoms with Gasteiger partial charge in [0.1, 0.15) is 6.33 Å². The summed E-state index contributed by atoms with van der Waals surface area (Å²) in [7, 11) is 0. The van der Waals surface area contributed by atoms with E-state index in [1.807, 2.05) is 23.1 Å². The van der Waals surface area contributed by atoms with Crippen LogP contribution in [0.5, 0.6) is 0 Å². The standard InChI is InChI=1S/C18H20BrN5O/c19-16-21-11-24(23-16)18-7-12-4-13(8-18)6-17(5-12,10-18)15(25)22-14-2-1-3-20-9-14/h1-3,9,11-13H,4-8,10H2,(H,22,25). The molecule has 2 aromatic rings. The van der Waals surface area contributed by atoms with Crippen molar-refractivity contribution >= 4 is 27.5 Å². The Bertz CT molecular complexity index is 806. The van der Waals surface area contributed by atoms with Gasteiger partial charge in [-0.05, 0) is 78.4 Å². The van der Waals surface area contributed by atoms with Crippen molar-refractivity contribution in [3.05, 3.63) is 35.6 Å². The number of nitrogens with one attached hydrogen (secondary N) is 1. The van der Waals surface area contributed by atoms with E-state index >= 15 is 0 Å². The normalized spacial score (nSPS) is 35.7. The Balaban J connectivity index is 1.48. The molecule has 1 N–H and O–H groups in total. The third-order valence-corrected chi connectivity index (χ3v) is 6.74. The van der Waals surface area contributed by atoms with Crippen molar-refractivity contribution < 1.29 is 4.79 Å². The van der Waals surface area contributed by atoms with Crippen LogP contribution in [-0.2, 0) is 10.3 Å². The SMILES string of the molecule is O=C(Nc1cccnc1)C12CC3CC(C1)CC(n1cnc(Br)n1)(C3)C2. The number of halogens is 1. The first-order valence-corrected chi connectivity index (χ1v) is 9.65. The number of hydrogen-bond donors (Lipinski definition) is 1. The van der Waals surface area contributed by atoms with Crippen molar-refractivity contribution in [2.45, 2.75) is 44.1 Å². The van der Waals surface area contributed by atoms with E-state index in [1.165, 1.54) is 6.42 Å². The molecule has 4 aliphatic carbocycles. The molecule has 4 aliphatic rings. The number of amides is 1. The largest absolute Gasteiger partial charge is 0.324 e. The van der Waals surface area contributed by atoms with Gasteiger partial charge in [-0.1, -0.05) is 0 Å². The van der Waals surface area contributed by atoms with Gasteiger partial charge in [0.15, 0.2) is 0 Å². The number of carbonyl (C=O) groups is 1. The summed E-state index contributed by atoms with van der Waals surface area (Å²) in [5, 5.41) is 7.67. The number of carbonyl (C=O) groups excluding carboxylic acids is 1. The van der Waals surface area contributed by atoms with Gasteiger partial charge >= 0.3 is 0 Å². The molecular weight excluding hydrogens is 382 g/mol. The van der Waals surface area contributed by atoms with Gasteiger partial charge in [-0.2, -0.15) is 0 Å². The molecule has 2 aromatic heterocycles. The van der Waals surface area contributed by atoms with E-state index in [0.717, 1.165) is 37.8 Å². The Morgan fingerprint density at radius 2 is 2.08 bits per heavy atom. The number of hydrogen-bond acceptors (Lipinski definition) is 4. The first-order chi connectivity index (χ1) is 12.1. The minimum Gasteiger partial charge on any atom is -0.324 e. The van der Waals surface area contributed by atoms with E-state index in [-0.39, 0.29) is 16.9 Å². The highest BCUT2D eigenvalue weighted by molar-refractivity contribution is 9.10. The minimum atomic E-state index is -0.293. The van der Waals surface area contributed by atoms with Gasteiger partial charge < -0.3 is 5.32 Å². The fourth-order valence-electron chi connectivity index (χ4n) is 5.92. The summed E-state index contributed by atoms with van der Waals surface area (Å²) in [6.07, 6.45) is 11.6. The van der Waals surface area contributed by atoms with Gasteiger partial charge in [-0.3, -0.25) is 9.78 Å². The number of pyridine rings is 1. The molecule has 0 spiro atoms. The van der Waals surface area contributed by atoms with Gasteiger partial charge in [0.05, 0.1) is 22.8 Å². The summed E-state index contributed by atoms with van der Waals surface area (Å²) >= 11 is 3.37. The second-order valence-electron chi connectivity index (χ2n) is 8.12. The lowest BCUT2D eigenvalue weighted by Gasteiger charge is -2.60. The maximum absolute atomic E-state index is 13.3. The summed E-state index contributed by atoms with van der Waals surface area (Å²) in [5.74, 6) is 1.35. The van der Waals surface area contributed by atoms with Crippen molar-refractivity contribution in [3.63, 3.8) is 0 Å². The summed E-state index contributed by atoms with van der Waals surface area (Å²) < 4.78 is 2.65. The quantitative estimate of drug-likeness (QED) is 0.855. The van der Waals surface area contributed by atoms with E-state index in [1.54, 1.807) is 12.4 Å². The average molecular weight is 402 g/mol. The summed E-state index contributed by atoms with van der Waals surface area (Å²) in [6, 6.07) is 3.75. The third-order valence-electron chi connectivity index (χ3n) is 6.38. The number of aromatic nitrogens is 4. The smallest absolute Gasteiger partial charge is 0.230 e. The van der Waals surface area contributed by atoms with Gasteiger partial charge in [0.2, 0.25) is 10.6 Å². The molecule has 4 bridgehead atoms. The number of anilines is 1. The fraction of sp³-hybridized carbons (Fsp3) is 0.556. The van der Waals surface area contributed by atoms with Crippen LogP contribution in [0.4, 0.5) is 5.69 Å². The van der Waals surface area contributed by atoms with Crippen LogP contribution in [0.3, 0.4) is 0 Å². The molecule has 130 valence electrons. The third kappa shape index (κ3) is 2.43. The Labute approximate surface area is 154 Å². The highest BCUT2D eigenvalue weighted by Gasteiger charge is 2.61. The van der Waals surface area contributed by atoms with E-state index in [9.17, 15) is 4.79 Å². The molecule has 4 saturated carbocycles. The second-order valence-corrected chi connectivity index (χ2v) is 8.83. The lowest BCUT2D eigenvalue weighted by molar-refractivity contribution is -0.150. The zero-order valence-electron chi connectivity index (χ0n) is 13.9. The molecule has 2 atom stereocenters. The Hall–Kier alpha value is -1.76. The molecule has 25 heavy (non-hydrogen) atoms. The van der Waals surface area contributed by atoms with Crippen LogP contribution in [0.25, 0.3) is 0 Å². The van der Waals surface area contributed by atoms with E-state index in [2.05, 4.69) is 36.3 Å².